The van der Waals surface area contributed by atoms with Crippen LogP contribution in [0.25, 0.3) is 0 Å². The van der Waals surface area contributed by atoms with Crippen molar-refractivity contribution in [2.45, 2.75) is 51.4 Å². The van der Waals surface area contributed by atoms with Gasteiger partial charge in [-0.1, -0.05) is 19.3 Å². The average Bonchev–Trinajstić information content (AvgIpc) is 2.28. The number of aliphatic hydroxyl groups is 2. The van der Waals surface area contributed by atoms with E-state index in [1.807, 2.05) is 0 Å². The lowest BCUT2D eigenvalue weighted by Gasteiger charge is -2.04. The first kappa shape index (κ1) is 15.4. The number of unbranched alkanes of at least 4 members (excludes halogenated alkanes) is 5. The van der Waals surface area contributed by atoms with Gasteiger partial charge in [-0.05, 0) is 25.7 Å². The molecular weight excluding hydrogens is 208 g/mol. The van der Waals surface area contributed by atoms with Crippen molar-refractivity contribution in [2.75, 3.05) is 19.8 Å². The van der Waals surface area contributed by atoms with Crippen LogP contribution in [0, 0.1) is 0 Å². The summed E-state index contributed by atoms with van der Waals surface area (Å²) >= 11 is 0. The van der Waals surface area contributed by atoms with E-state index in [2.05, 4.69) is 0 Å². The number of hydrogen-bond acceptors (Lipinski definition) is 4. The van der Waals surface area contributed by atoms with Crippen molar-refractivity contribution in [3.63, 3.8) is 0 Å². The Bertz CT molecular complexity index is 159. The van der Waals surface area contributed by atoms with E-state index in [1.165, 1.54) is 0 Å². The molecule has 0 radical (unpaired) electrons. The number of carbonyl (C=O) groups excluding carboxylic acids is 1. The van der Waals surface area contributed by atoms with Crippen LogP contribution in [-0.4, -0.2) is 36.0 Å². The van der Waals surface area contributed by atoms with Crippen molar-refractivity contribution in [2.24, 2.45) is 0 Å². The molecule has 0 aromatic carbocycles. The molecule has 0 bridgehead atoms. The van der Waals surface area contributed by atoms with E-state index in [4.69, 9.17) is 14.9 Å². The highest BCUT2D eigenvalue weighted by atomic mass is 16.5. The Labute approximate surface area is 97.6 Å². The molecule has 0 aliphatic carbocycles. The average molecular weight is 232 g/mol. The van der Waals surface area contributed by atoms with E-state index >= 15 is 0 Å². The molecule has 0 aliphatic heterocycles. The Morgan fingerprint density at radius 1 is 0.812 bits per heavy atom. The monoisotopic (exact) mass is 232 g/mol. The predicted octanol–water partition coefficient (Wildman–Crippen LogP) is 1.64. The lowest BCUT2D eigenvalue weighted by molar-refractivity contribution is -0.143. The van der Waals surface area contributed by atoms with Crippen LogP contribution in [0.15, 0.2) is 0 Å². The van der Waals surface area contributed by atoms with E-state index in [0.29, 0.717) is 25.9 Å². The van der Waals surface area contributed by atoms with Gasteiger partial charge in [0.25, 0.3) is 0 Å². The fraction of sp³-hybridized carbons (Fsp3) is 0.917. The van der Waals surface area contributed by atoms with Crippen LogP contribution in [0.3, 0.4) is 0 Å². The molecule has 0 spiro atoms. The van der Waals surface area contributed by atoms with Crippen molar-refractivity contribution in [1.82, 2.24) is 0 Å². The van der Waals surface area contributed by atoms with E-state index in [-0.39, 0.29) is 19.2 Å². The van der Waals surface area contributed by atoms with Gasteiger partial charge >= 0.3 is 5.97 Å². The molecular formula is C12H24O4. The molecule has 16 heavy (non-hydrogen) atoms. The maximum absolute atomic E-state index is 11.1. The SMILES string of the molecule is O=C(CCCCO)OCCCCCCCO. The van der Waals surface area contributed by atoms with Crippen molar-refractivity contribution >= 4 is 5.97 Å². The van der Waals surface area contributed by atoms with Gasteiger partial charge in [0.05, 0.1) is 6.61 Å². The summed E-state index contributed by atoms with van der Waals surface area (Å²) in [5.74, 6) is -0.163. The first-order chi connectivity index (χ1) is 7.81. The fourth-order valence-electron chi connectivity index (χ4n) is 1.38. The molecule has 0 amide bonds. The molecule has 0 rings (SSSR count). The van der Waals surface area contributed by atoms with Crippen LogP contribution in [0.1, 0.15) is 51.4 Å². The summed E-state index contributed by atoms with van der Waals surface area (Å²) in [6, 6.07) is 0. The fourth-order valence-corrected chi connectivity index (χ4v) is 1.38. The summed E-state index contributed by atoms with van der Waals surface area (Å²) < 4.78 is 5.03. The molecule has 4 nitrogen and oxygen atoms in total. The third-order valence-electron chi connectivity index (χ3n) is 2.35. The minimum absolute atomic E-state index is 0.137. The lowest BCUT2D eigenvalue weighted by atomic mass is 10.1. The van der Waals surface area contributed by atoms with Gasteiger partial charge in [0.15, 0.2) is 0 Å². The van der Waals surface area contributed by atoms with Gasteiger partial charge in [-0.15, -0.1) is 0 Å². The maximum Gasteiger partial charge on any atom is 0.305 e. The number of esters is 1. The Kier molecular flexibility index (Phi) is 12.0. The third-order valence-corrected chi connectivity index (χ3v) is 2.35. The van der Waals surface area contributed by atoms with E-state index < -0.39 is 0 Å². The molecule has 0 atom stereocenters. The van der Waals surface area contributed by atoms with Crippen LogP contribution in [-0.2, 0) is 9.53 Å². The first-order valence-electron chi connectivity index (χ1n) is 6.18. The first-order valence-corrected chi connectivity index (χ1v) is 6.18. The molecule has 0 saturated heterocycles. The zero-order valence-electron chi connectivity index (χ0n) is 9.99. The Hall–Kier alpha value is -0.610. The molecule has 2 N–H and O–H groups in total. The minimum atomic E-state index is -0.163. The molecule has 0 unspecified atom stereocenters. The Morgan fingerprint density at radius 2 is 1.38 bits per heavy atom. The quantitative estimate of drug-likeness (QED) is 0.420. The van der Waals surface area contributed by atoms with Crippen molar-refractivity contribution in [3.05, 3.63) is 0 Å². The predicted molar refractivity (Wildman–Crippen MR) is 62.1 cm³/mol. The second-order valence-electron chi connectivity index (χ2n) is 3.89. The largest absolute Gasteiger partial charge is 0.466 e. The van der Waals surface area contributed by atoms with Crippen molar-refractivity contribution in [1.29, 1.82) is 0 Å². The van der Waals surface area contributed by atoms with Gasteiger partial charge < -0.3 is 14.9 Å². The van der Waals surface area contributed by atoms with Crippen LogP contribution < -0.4 is 0 Å². The van der Waals surface area contributed by atoms with Crippen LogP contribution in [0.2, 0.25) is 0 Å². The second kappa shape index (κ2) is 12.5. The number of rotatable bonds is 11. The third kappa shape index (κ3) is 11.5. The number of aliphatic hydroxyl groups excluding tert-OH is 2. The highest BCUT2D eigenvalue weighted by Crippen LogP contribution is 2.03. The summed E-state index contributed by atoms with van der Waals surface area (Å²) in [5, 5.41) is 17.1. The van der Waals surface area contributed by atoms with Gasteiger partial charge in [0.1, 0.15) is 0 Å². The van der Waals surface area contributed by atoms with Gasteiger partial charge in [0.2, 0.25) is 0 Å². The second-order valence-corrected chi connectivity index (χ2v) is 3.89. The summed E-state index contributed by atoms with van der Waals surface area (Å²) in [5.41, 5.74) is 0. The highest BCUT2D eigenvalue weighted by molar-refractivity contribution is 5.69. The number of ether oxygens (including phenoxy) is 1. The molecule has 0 fully saturated rings. The molecule has 0 aromatic heterocycles. The van der Waals surface area contributed by atoms with E-state index in [1.54, 1.807) is 0 Å². The summed E-state index contributed by atoms with van der Waals surface area (Å²) in [6.45, 7) is 0.898. The zero-order chi connectivity index (χ0) is 12.1. The Morgan fingerprint density at radius 3 is 2.06 bits per heavy atom. The summed E-state index contributed by atoms with van der Waals surface area (Å²) in [4.78, 5) is 11.1. The number of hydrogen-bond donors (Lipinski definition) is 2. The highest BCUT2D eigenvalue weighted by Gasteiger charge is 2.01. The zero-order valence-corrected chi connectivity index (χ0v) is 9.99. The molecule has 0 saturated carbocycles. The van der Waals surface area contributed by atoms with Crippen LogP contribution >= 0.6 is 0 Å². The lowest BCUT2D eigenvalue weighted by Crippen LogP contribution is -2.05. The van der Waals surface area contributed by atoms with Gasteiger partial charge in [0, 0.05) is 19.6 Å². The smallest absolute Gasteiger partial charge is 0.305 e. The standard InChI is InChI=1S/C12H24O4/c13-9-5-2-1-3-7-11-16-12(15)8-4-6-10-14/h13-14H,1-11H2. The molecule has 0 aromatic rings. The van der Waals surface area contributed by atoms with Crippen molar-refractivity contribution < 1.29 is 19.7 Å². The van der Waals surface area contributed by atoms with Crippen LogP contribution in [0.4, 0.5) is 0 Å². The minimum Gasteiger partial charge on any atom is -0.466 e. The molecule has 0 aliphatic rings. The normalized spacial score (nSPS) is 10.4. The van der Waals surface area contributed by atoms with E-state index in [0.717, 1.165) is 32.1 Å². The van der Waals surface area contributed by atoms with Crippen LogP contribution in [0.5, 0.6) is 0 Å². The number of carbonyl (C=O) groups is 1. The topological polar surface area (TPSA) is 66.8 Å². The Balaban J connectivity index is 3.09. The van der Waals surface area contributed by atoms with Gasteiger partial charge in [-0.2, -0.15) is 0 Å². The molecule has 96 valence electrons. The summed E-state index contributed by atoms with van der Waals surface area (Å²) in [6.07, 6.45) is 6.71. The maximum atomic E-state index is 11.1. The van der Waals surface area contributed by atoms with Gasteiger partial charge in [-0.25, -0.2) is 0 Å². The van der Waals surface area contributed by atoms with Gasteiger partial charge in [-0.3, -0.25) is 4.79 Å². The van der Waals surface area contributed by atoms with E-state index in [9.17, 15) is 4.79 Å². The van der Waals surface area contributed by atoms with Crippen molar-refractivity contribution in [3.8, 4) is 0 Å². The molecule has 4 heteroatoms. The summed E-state index contributed by atoms with van der Waals surface area (Å²) in [7, 11) is 0. The molecule has 0 heterocycles.